The average molecular weight is 324 g/mol. The van der Waals surface area contributed by atoms with E-state index in [0.29, 0.717) is 6.54 Å². The Morgan fingerprint density at radius 2 is 1.89 bits per heavy atom. The lowest BCUT2D eigenvalue weighted by molar-refractivity contribution is 0.0944. The molecule has 0 saturated carbocycles. The van der Waals surface area contributed by atoms with E-state index in [1.165, 1.54) is 18.4 Å². The second-order valence-electron chi connectivity index (χ2n) is 6.35. The summed E-state index contributed by atoms with van der Waals surface area (Å²) in [5, 5.41) is 0. The van der Waals surface area contributed by atoms with Crippen molar-refractivity contribution in [2.24, 2.45) is 0 Å². The van der Waals surface area contributed by atoms with Crippen molar-refractivity contribution in [3.8, 4) is 0 Å². The van der Waals surface area contributed by atoms with E-state index in [2.05, 4.69) is 47.7 Å². The van der Waals surface area contributed by atoms with Crippen LogP contribution in [0.15, 0.2) is 22.7 Å². The first-order chi connectivity index (χ1) is 8.88. The van der Waals surface area contributed by atoms with Crippen molar-refractivity contribution in [1.29, 1.82) is 0 Å². The highest BCUT2D eigenvalue weighted by Gasteiger charge is 2.20. The number of hydrogen-bond donors (Lipinski definition) is 0. The van der Waals surface area contributed by atoms with E-state index in [1.54, 1.807) is 0 Å². The molecule has 0 amide bonds. The molecule has 1 saturated heterocycles. The molecule has 3 heteroatoms. The first-order valence-corrected chi connectivity index (χ1v) is 7.73. The van der Waals surface area contributed by atoms with E-state index in [-0.39, 0.29) is 11.2 Å². The van der Waals surface area contributed by atoms with E-state index in [0.717, 1.165) is 23.1 Å². The summed E-state index contributed by atoms with van der Waals surface area (Å²) in [6, 6.07) is 6.14. The lowest BCUT2D eigenvalue weighted by atomic mass is 9.86. The number of Topliss-reactive ketones (excluding diaryl/α,β-unsaturated/α-hetero) is 1. The fourth-order valence-corrected chi connectivity index (χ4v) is 2.90. The van der Waals surface area contributed by atoms with Gasteiger partial charge in [-0.1, -0.05) is 42.8 Å². The first-order valence-electron chi connectivity index (χ1n) is 6.93. The van der Waals surface area contributed by atoms with Crippen LogP contribution in [0.25, 0.3) is 0 Å². The summed E-state index contributed by atoms with van der Waals surface area (Å²) in [4.78, 5) is 14.7. The zero-order valence-corrected chi connectivity index (χ0v) is 13.6. The summed E-state index contributed by atoms with van der Waals surface area (Å²) in [5.41, 5.74) is 2.10. The molecule has 1 aliphatic rings. The molecular formula is C16H22BrNO. The van der Waals surface area contributed by atoms with Crippen LogP contribution in [0.2, 0.25) is 0 Å². The van der Waals surface area contributed by atoms with Gasteiger partial charge < -0.3 is 0 Å². The molecule has 1 heterocycles. The maximum absolute atomic E-state index is 12.4. The molecule has 0 spiro atoms. The largest absolute Gasteiger partial charge is 0.296 e. The fraction of sp³-hybridized carbons (Fsp3) is 0.562. The highest BCUT2D eigenvalue weighted by atomic mass is 79.9. The highest BCUT2D eigenvalue weighted by molar-refractivity contribution is 9.10. The number of halogens is 1. The third-order valence-corrected chi connectivity index (χ3v) is 4.39. The molecule has 104 valence electrons. The van der Waals surface area contributed by atoms with Crippen molar-refractivity contribution in [2.75, 3.05) is 19.6 Å². The summed E-state index contributed by atoms with van der Waals surface area (Å²) >= 11 is 3.51. The Bertz CT molecular complexity index is 470. The molecule has 0 N–H and O–H groups in total. The maximum atomic E-state index is 12.4. The van der Waals surface area contributed by atoms with Crippen LogP contribution in [0, 0.1) is 0 Å². The Balaban J connectivity index is 2.20. The molecule has 1 aromatic carbocycles. The summed E-state index contributed by atoms with van der Waals surface area (Å²) < 4.78 is 0.907. The molecule has 1 aliphatic heterocycles. The van der Waals surface area contributed by atoms with Crippen molar-refractivity contribution in [2.45, 2.75) is 39.0 Å². The molecule has 0 atom stereocenters. The number of likely N-dealkylation sites (tertiary alicyclic amines) is 1. The van der Waals surface area contributed by atoms with Crippen molar-refractivity contribution in [3.05, 3.63) is 33.8 Å². The SMILES string of the molecule is CC(C)(C)c1ccc(Br)c(C(=O)CN2CCCC2)c1. The maximum Gasteiger partial charge on any atom is 0.177 e. The van der Waals surface area contributed by atoms with Crippen LogP contribution in [-0.2, 0) is 5.41 Å². The van der Waals surface area contributed by atoms with E-state index in [9.17, 15) is 4.79 Å². The van der Waals surface area contributed by atoms with Crippen molar-refractivity contribution < 1.29 is 4.79 Å². The molecular weight excluding hydrogens is 302 g/mol. The minimum Gasteiger partial charge on any atom is -0.296 e. The van der Waals surface area contributed by atoms with Gasteiger partial charge >= 0.3 is 0 Å². The third-order valence-electron chi connectivity index (χ3n) is 3.70. The molecule has 0 aliphatic carbocycles. The Kier molecular flexibility index (Phi) is 4.46. The van der Waals surface area contributed by atoms with Crippen LogP contribution in [-0.4, -0.2) is 30.3 Å². The molecule has 0 aromatic heterocycles. The number of carbonyl (C=O) groups excluding carboxylic acids is 1. The smallest absolute Gasteiger partial charge is 0.177 e. The summed E-state index contributed by atoms with van der Waals surface area (Å²) in [6.45, 7) is 9.18. The molecule has 19 heavy (non-hydrogen) atoms. The lowest BCUT2D eigenvalue weighted by Crippen LogP contribution is -2.27. The summed E-state index contributed by atoms with van der Waals surface area (Å²) in [6.07, 6.45) is 2.44. The van der Waals surface area contributed by atoms with E-state index in [4.69, 9.17) is 0 Å². The quantitative estimate of drug-likeness (QED) is 0.783. The number of nitrogens with zero attached hydrogens (tertiary/aromatic N) is 1. The monoisotopic (exact) mass is 323 g/mol. The van der Waals surface area contributed by atoms with Crippen molar-refractivity contribution in [1.82, 2.24) is 4.90 Å². The minimum absolute atomic E-state index is 0.0728. The van der Waals surface area contributed by atoms with E-state index in [1.807, 2.05) is 12.1 Å². The predicted molar refractivity (Wildman–Crippen MR) is 82.8 cm³/mol. The van der Waals surface area contributed by atoms with Gasteiger partial charge in [0.1, 0.15) is 0 Å². The Morgan fingerprint density at radius 1 is 1.26 bits per heavy atom. The van der Waals surface area contributed by atoms with Crippen LogP contribution < -0.4 is 0 Å². The second-order valence-corrected chi connectivity index (χ2v) is 7.21. The van der Waals surface area contributed by atoms with Gasteiger partial charge in [-0.25, -0.2) is 0 Å². The van der Waals surface area contributed by atoms with Crippen LogP contribution in [0.5, 0.6) is 0 Å². The first kappa shape index (κ1) is 14.7. The van der Waals surface area contributed by atoms with Gasteiger partial charge in [-0.15, -0.1) is 0 Å². The normalized spacial score (nSPS) is 16.8. The molecule has 2 nitrogen and oxygen atoms in total. The lowest BCUT2D eigenvalue weighted by Gasteiger charge is -2.21. The van der Waals surface area contributed by atoms with Crippen LogP contribution in [0.1, 0.15) is 49.5 Å². The molecule has 1 fully saturated rings. The average Bonchev–Trinajstić information content (AvgIpc) is 2.80. The van der Waals surface area contributed by atoms with E-state index >= 15 is 0 Å². The van der Waals surface area contributed by atoms with Gasteiger partial charge in [-0.2, -0.15) is 0 Å². The minimum atomic E-state index is 0.0728. The van der Waals surface area contributed by atoms with E-state index < -0.39 is 0 Å². The molecule has 0 bridgehead atoms. The van der Waals surface area contributed by atoms with Gasteiger partial charge in [0.2, 0.25) is 0 Å². The van der Waals surface area contributed by atoms with Gasteiger partial charge in [0.15, 0.2) is 5.78 Å². The molecule has 1 aromatic rings. The Labute approximate surface area is 124 Å². The summed E-state index contributed by atoms with van der Waals surface area (Å²) in [7, 11) is 0. The number of hydrogen-bond acceptors (Lipinski definition) is 2. The topological polar surface area (TPSA) is 20.3 Å². The Hall–Kier alpha value is -0.670. The van der Waals surface area contributed by atoms with Crippen molar-refractivity contribution in [3.63, 3.8) is 0 Å². The van der Waals surface area contributed by atoms with Gasteiger partial charge in [-0.05, 0) is 49.0 Å². The number of carbonyl (C=O) groups is 1. The summed E-state index contributed by atoms with van der Waals surface area (Å²) in [5.74, 6) is 0.222. The number of ketones is 1. The standard InChI is InChI=1S/C16H22BrNO/c1-16(2,3)12-6-7-14(17)13(10-12)15(19)11-18-8-4-5-9-18/h6-7,10H,4-5,8-9,11H2,1-3H3. The predicted octanol–water partition coefficient (Wildman–Crippen LogP) is 4.03. The molecule has 0 radical (unpaired) electrons. The highest BCUT2D eigenvalue weighted by Crippen LogP contribution is 2.27. The molecule has 2 rings (SSSR count). The zero-order chi connectivity index (χ0) is 14.0. The second kappa shape index (κ2) is 5.76. The van der Waals surface area contributed by atoms with Gasteiger partial charge in [0.25, 0.3) is 0 Å². The molecule has 0 unspecified atom stereocenters. The van der Waals surface area contributed by atoms with Gasteiger partial charge in [-0.3, -0.25) is 9.69 Å². The van der Waals surface area contributed by atoms with Gasteiger partial charge in [0, 0.05) is 10.0 Å². The van der Waals surface area contributed by atoms with Gasteiger partial charge in [0.05, 0.1) is 6.54 Å². The Morgan fingerprint density at radius 3 is 2.47 bits per heavy atom. The van der Waals surface area contributed by atoms with Crippen LogP contribution in [0.4, 0.5) is 0 Å². The fourth-order valence-electron chi connectivity index (χ4n) is 2.43. The number of benzene rings is 1. The van der Waals surface area contributed by atoms with Crippen molar-refractivity contribution >= 4 is 21.7 Å². The number of rotatable bonds is 3. The zero-order valence-electron chi connectivity index (χ0n) is 12.0. The third kappa shape index (κ3) is 3.67. The van der Waals surface area contributed by atoms with Crippen LogP contribution in [0.3, 0.4) is 0 Å². The van der Waals surface area contributed by atoms with Crippen LogP contribution >= 0.6 is 15.9 Å².